The van der Waals surface area contributed by atoms with Gasteiger partial charge in [0, 0.05) is 42.5 Å². The van der Waals surface area contributed by atoms with E-state index in [4.69, 9.17) is 4.74 Å². The first-order chi connectivity index (χ1) is 9.74. The van der Waals surface area contributed by atoms with Crippen LogP contribution >= 0.6 is 11.3 Å². The number of methoxy groups -OCH3 is 1. The maximum atomic E-state index is 5.24. The third-order valence-corrected chi connectivity index (χ3v) is 4.91. The predicted octanol–water partition coefficient (Wildman–Crippen LogP) is 3.17. The van der Waals surface area contributed by atoms with E-state index >= 15 is 0 Å². The molecule has 0 bridgehead atoms. The number of nitrogens with one attached hydrogen (secondary N) is 1. The summed E-state index contributed by atoms with van der Waals surface area (Å²) in [6, 6.07) is 3.19. The molecular weight excluding hydrogens is 268 g/mol. The van der Waals surface area contributed by atoms with Gasteiger partial charge in [0.15, 0.2) is 0 Å². The molecule has 1 N–H and O–H groups in total. The Labute approximate surface area is 127 Å². The Morgan fingerprint density at radius 3 is 2.90 bits per heavy atom. The number of thiophene rings is 1. The average Bonchev–Trinajstić information content (AvgIpc) is 3.21. The Morgan fingerprint density at radius 1 is 1.45 bits per heavy atom. The van der Waals surface area contributed by atoms with Gasteiger partial charge in [-0.2, -0.15) is 0 Å². The van der Waals surface area contributed by atoms with Gasteiger partial charge in [-0.3, -0.25) is 4.90 Å². The topological polar surface area (TPSA) is 24.5 Å². The van der Waals surface area contributed by atoms with Gasteiger partial charge in [0.1, 0.15) is 0 Å². The quantitative estimate of drug-likeness (QED) is 0.671. The molecule has 2 rings (SSSR count). The van der Waals surface area contributed by atoms with Crippen molar-refractivity contribution in [3.8, 4) is 0 Å². The van der Waals surface area contributed by atoms with Crippen molar-refractivity contribution < 1.29 is 4.74 Å². The summed E-state index contributed by atoms with van der Waals surface area (Å²) in [5.74, 6) is 0. The number of nitrogens with zero attached hydrogens (tertiary/aromatic N) is 1. The second-order valence-electron chi connectivity index (χ2n) is 5.67. The molecule has 1 aliphatic rings. The van der Waals surface area contributed by atoms with Crippen LogP contribution in [0.15, 0.2) is 6.07 Å². The van der Waals surface area contributed by atoms with Gasteiger partial charge in [-0.1, -0.05) is 6.92 Å². The smallest absolute Gasteiger partial charge is 0.0589 e. The predicted molar refractivity (Wildman–Crippen MR) is 86.4 cm³/mol. The minimum atomic E-state index is 0.797. The highest BCUT2D eigenvalue weighted by molar-refractivity contribution is 7.12. The van der Waals surface area contributed by atoms with E-state index in [1.54, 1.807) is 7.11 Å². The lowest BCUT2D eigenvalue weighted by molar-refractivity contribution is 0.139. The summed E-state index contributed by atoms with van der Waals surface area (Å²) in [7, 11) is 1.79. The normalized spacial score (nSPS) is 15.2. The van der Waals surface area contributed by atoms with Gasteiger partial charge in [0.2, 0.25) is 0 Å². The number of rotatable bonds is 10. The summed E-state index contributed by atoms with van der Waals surface area (Å²) in [4.78, 5) is 5.52. The van der Waals surface area contributed by atoms with Crippen molar-refractivity contribution in [1.29, 1.82) is 0 Å². The molecule has 1 aromatic rings. The number of hydrogen-bond acceptors (Lipinski definition) is 4. The molecule has 114 valence electrons. The minimum Gasteiger partial charge on any atom is -0.383 e. The number of hydrogen-bond donors (Lipinski definition) is 1. The fourth-order valence-electron chi connectivity index (χ4n) is 2.48. The largest absolute Gasteiger partial charge is 0.383 e. The molecule has 0 unspecified atom stereocenters. The van der Waals surface area contributed by atoms with Gasteiger partial charge >= 0.3 is 0 Å². The van der Waals surface area contributed by atoms with Crippen LogP contribution in [-0.4, -0.2) is 37.7 Å². The van der Waals surface area contributed by atoms with Gasteiger partial charge < -0.3 is 10.1 Å². The molecule has 0 radical (unpaired) electrons. The van der Waals surface area contributed by atoms with Gasteiger partial charge in [-0.05, 0) is 44.4 Å². The van der Waals surface area contributed by atoms with E-state index in [-0.39, 0.29) is 0 Å². The van der Waals surface area contributed by atoms with Crippen molar-refractivity contribution in [2.24, 2.45) is 0 Å². The first-order valence-electron chi connectivity index (χ1n) is 7.76. The summed E-state index contributed by atoms with van der Waals surface area (Å²) >= 11 is 1.94. The molecule has 0 spiro atoms. The van der Waals surface area contributed by atoms with Crippen LogP contribution < -0.4 is 5.32 Å². The van der Waals surface area contributed by atoms with E-state index in [1.165, 1.54) is 34.6 Å². The van der Waals surface area contributed by atoms with Crippen molar-refractivity contribution in [2.45, 2.75) is 52.2 Å². The van der Waals surface area contributed by atoms with Crippen molar-refractivity contribution in [1.82, 2.24) is 10.2 Å². The third kappa shape index (κ3) is 4.85. The van der Waals surface area contributed by atoms with Crippen LogP contribution in [0.3, 0.4) is 0 Å². The Balaban J connectivity index is 1.89. The zero-order valence-electron chi connectivity index (χ0n) is 13.1. The van der Waals surface area contributed by atoms with Crippen LogP contribution in [0.4, 0.5) is 0 Å². The SMILES string of the molecule is CCCNCc1cc(CN(CCOC)C2CC2)c(C)s1. The van der Waals surface area contributed by atoms with Crippen molar-refractivity contribution >= 4 is 11.3 Å². The molecule has 1 aromatic heterocycles. The van der Waals surface area contributed by atoms with Crippen molar-refractivity contribution in [3.05, 3.63) is 21.4 Å². The van der Waals surface area contributed by atoms with E-state index in [1.807, 2.05) is 11.3 Å². The molecule has 1 fully saturated rings. The summed E-state index contributed by atoms with van der Waals surface area (Å²) < 4.78 is 5.24. The van der Waals surface area contributed by atoms with E-state index < -0.39 is 0 Å². The van der Waals surface area contributed by atoms with E-state index in [9.17, 15) is 0 Å². The van der Waals surface area contributed by atoms with Gasteiger partial charge in [0.05, 0.1) is 6.61 Å². The van der Waals surface area contributed by atoms with Crippen LogP contribution in [-0.2, 0) is 17.8 Å². The van der Waals surface area contributed by atoms with Gasteiger partial charge in [-0.25, -0.2) is 0 Å². The number of ether oxygens (including phenoxy) is 1. The van der Waals surface area contributed by atoms with Crippen molar-refractivity contribution in [2.75, 3.05) is 26.8 Å². The highest BCUT2D eigenvalue weighted by Gasteiger charge is 2.29. The zero-order valence-corrected chi connectivity index (χ0v) is 13.9. The fraction of sp³-hybridized carbons (Fsp3) is 0.750. The monoisotopic (exact) mass is 296 g/mol. The van der Waals surface area contributed by atoms with Gasteiger partial charge in [0.25, 0.3) is 0 Å². The van der Waals surface area contributed by atoms with E-state index in [0.29, 0.717) is 0 Å². The Kier molecular flexibility index (Phi) is 6.49. The summed E-state index contributed by atoms with van der Waals surface area (Å²) in [6.45, 7) is 9.57. The first-order valence-corrected chi connectivity index (χ1v) is 8.58. The molecule has 1 saturated carbocycles. The lowest BCUT2D eigenvalue weighted by atomic mass is 10.2. The van der Waals surface area contributed by atoms with Crippen LogP contribution in [0.5, 0.6) is 0 Å². The Hall–Kier alpha value is -0.420. The fourth-order valence-corrected chi connectivity index (χ4v) is 3.50. The third-order valence-electron chi connectivity index (χ3n) is 3.82. The van der Waals surface area contributed by atoms with Crippen LogP contribution in [0, 0.1) is 6.92 Å². The maximum absolute atomic E-state index is 5.24. The molecule has 3 nitrogen and oxygen atoms in total. The maximum Gasteiger partial charge on any atom is 0.0589 e. The second-order valence-corrected chi connectivity index (χ2v) is 7.01. The second kappa shape index (κ2) is 8.13. The molecule has 0 saturated heterocycles. The summed E-state index contributed by atoms with van der Waals surface area (Å²) in [5.41, 5.74) is 1.51. The van der Waals surface area contributed by atoms with Crippen molar-refractivity contribution in [3.63, 3.8) is 0 Å². The first kappa shape index (κ1) is 16.0. The number of aryl methyl sites for hydroxylation is 1. The zero-order chi connectivity index (χ0) is 14.4. The molecule has 4 heteroatoms. The molecule has 0 amide bonds. The average molecular weight is 296 g/mol. The molecule has 0 atom stereocenters. The molecule has 0 aliphatic heterocycles. The molecule has 20 heavy (non-hydrogen) atoms. The molecule has 1 aliphatic carbocycles. The summed E-state index contributed by atoms with van der Waals surface area (Å²) in [6.07, 6.45) is 3.92. The lowest BCUT2D eigenvalue weighted by Gasteiger charge is -2.21. The Bertz CT molecular complexity index is 401. The molecular formula is C16H28N2OS. The standard InChI is InChI=1S/C16H28N2OS/c1-4-7-17-11-16-10-14(13(2)20-16)12-18(8-9-19-3)15-5-6-15/h10,15,17H,4-9,11-12H2,1-3H3. The van der Waals surface area contributed by atoms with Crippen LogP contribution in [0.1, 0.15) is 41.5 Å². The lowest BCUT2D eigenvalue weighted by Crippen LogP contribution is -2.29. The van der Waals surface area contributed by atoms with E-state index in [2.05, 4.69) is 30.1 Å². The highest BCUT2D eigenvalue weighted by atomic mass is 32.1. The van der Waals surface area contributed by atoms with Crippen LogP contribution in [0.2, 0.25) is 0 Å². The molecule has 1 heterocycles. The Morgan fingerprint density at radius 2 is 2.25 bits per heavy atom. The van der Waals surface area contributed by atoms with Gasteiger partial charge in [-0.15, -0.1) is 11.3 Å². The highest BCUT2D eigenvalue weighted by Crippen LogP contribution is 2.30. The summed E-state index contributed by atoms with van der Waals surface area (Å²) in [5, 5.41) is 3.49. The van der Waals surface area contributed by atoms with Crippen LogP contribution in [0.25, 0.3) is 0 Å². The van der Waals surface area contributed by atoms with E-state index in [0.717, 1.165) is 38.8 Å². The molecule has 0 aromatic carbocycles. The minimum absolute atomic E-state index is 0.797.